The number of rotatable bonds is 5. The van der Waals surface area contributed by atoms with Crippen LogP contribution in [0.2, 0.25) is 0 Å². The Balaban J connectivity index is 0.000000948. The lowest BCUT2D eigenvalue weighted by Gasteiger charge is -2.06. The maximum atomic E-state index is 11.0. The van der Waals surface area contributed by atoms with Crippen LogP contribution in [0.4, 0.5) is 0 Å². The Labute approximate surface area is 153 Å². The summed E-state index contributed by atoms with van der Waals surface area (Å²) in [5.41, 5.74) is 2.26. The maximum Gasteiger partial charge on any atom is 0.345 e. The van der Waals surface area contributed by atoms with Crippen molar-refractivity contribution in [1.82, 2.24) is 5.32 Å². The summed E-state index contributed by atoms with van der Waals surface area (Å²) in [5.74, 6) is 4.20. The third-order valence-electron chi connectivity index (χ3n) is 3.89. The number of hydrogen-bond acceptors (Lipinski definition) is 7. The molecule has 8 heteroatoms. The lowest BCUT2D eigenvalue weighted by Crippen LogP contribution is -2.12. The Kier molecular flexibility index (Phi) is 5.69. The van der Waals surface area contributed by atoms with E-state index in [1.807, 2.05) is 36.4 Å². The quantitative estimate of drug-likeness (QED) is 0.508. The van der Waals surface area contributed by atoms with E-state index in [1.54, 1.807) is 6.07 Å². The number of ether oxygens (including phenoxy) is 2. The van der Waals surface area contributed by atoms with Crippen molar-refractivity contribution >= 4 is 27.4 Å². The fourth-order valence-electron chi connectivity index (χ4n) is 2.69. The van der Waals surface area contributed by atoms with E-state index in [9.17, 15) is 4.79 Å². The molecule has 7 nitrogen and oxygen atoms in total. The van der Waals surface area contributed by atoms with Crippen LogP contribution in [0.3, 0.4) is 0 Å². The summed E-state index contributed by atoms with van der Waals surface area (Å²) in [6, 6.07) is 13.7. The summed E-state index contributed by atoms with van der Waals surface area (Å²) in [6.45, 7) is 1.72. The van der Waals surface area contributed by atoms with E-state index < -0.39 is 5.97 Å². The lowest BCUT2D eigenvalue weighted by molar-refractivity contribution is 0.0702. The lowest BCUT2D eigenvalue weighted by atomic mass is 10.1. The molecule has 136 valence electrons. The maximum absolute atomic E-state index is 11.0. The molecule has 0 fully saturated rings. The average molecular weight is 374 g/mol. The summed E-state index contributed by atoms with van der Waals surface area (Å²) in [6.07, 6.45) is 0. The minimum absolute atomic E-state index is 0.283. The summed E-state index contributed by atoms with van der Waals surface area (Å²) in [5, 5.41) is 19.9. The predicted octanol–water partition coefficient (Wildman–Crippen LogP) is 2.95. The van der Waals surface area contributed by atoms with E-state index in [4.69, 9.17) is 19.8 Å². The van der Waals surface area contributed by atoms with Crippen molar-refractivity contribution in [2.75, 3.05) is 6.79 Å². The van der Waals surface area contributed by atoms with Crippen LogP contribution in [-0.2, 0) is 13.1 Å². The molecular formula is C18H18N2O5S. The topological polar surface area (TPSA) is 114 Å². The summed E-state index contributed by atoms with van der Waals surface area (Å²) in [7, 11) is 0. The minimum Gasteiger partial charge on any atom is -0.477 e. The Morgan fingerprint density at radius 3 is 2.50 bits per heavy atom. The van der Waals surface area contributed by atoms with Gasteiger partial charge in [-0.2, -0.15) is 0 Å². The fourth-order valence-corrected chi connectivity index (χ4v) is 3.66. The van der Waals surface area contributed by atoms with Crippen molar-refractivity contribution in [1.29, 1.82) is 0 Å². The van der Waals surface area contributed by atoms with Gasteiger partial charge in [0.1, 0.15) is 4.88 Å². The molecule has 0 saturated carbocycles. The van der Waals surface area contributed by atoms with Crippen LogP contribution in [0.5, 0.6) is 11.5 Å². The molecule has 0 atom stereocenters. The van der Waals surface area contributed by atoms with Gasteiger partial charge in [-0.3, -0.25) is 0 Å². The molecule has 0 aliphatic carbocycles. The number of aromatic carboxylic acids is 1. The Bertz CT molecular complexity index is 925. The molecule has 0 spiro atoms. The van der Waals surface area contributed by atoms with Gasteiger partial charge in [0, 0.05) is 17.8 Å². The van der Waals surface area contributed by atoms with Gasteiger partial charge in [0.25, 0.3) is 0 Å². The molecule has 0 bridgehead atoms. The van der Waals surface area contributed by atoms with Crippen molar-refractivity contribution in [2.24, 2.45) is 5.90 Å². The van der Waals surface area contributed by atoms with Gasteiger partial charge < -0.3 is 25.1 Å². The van der Waals surface area contributed by atoms with Gasteiger partial charge in [-0.1, -0.05) is 18.2 Å². The molecule has 3 aromatic rings. The third kappa shape index (κ3) is 3.94. The van der Waals surface area contributed by atoms with E-state index >= 15 is 0 Å². The second kappa shape index (κ2) is 8.15. The van der Waals surface area contributed by atoms with Crippen LogP contribution in [0.15, 0.2) is 42.5 Å². The van der Waals surface area contributed by atoms with E-state index in [2.05, 4.69) is 11.2 Å². The third-order valence-corrected chi connectivity index (χ3v) is 4.98. The van der Waals surface area contributed by atoms with Crippen LogP contribution in [0.25, 0.3) is 10.1 Å². The van der Waals surface area contributed by atoms with Crippen LogP contribution < -0.4 is 20.7 Å². The molecule has 2 aromatic carbocycles. The molecule has 0 amide bonds. The monoisotopic (exact) mass is 374 g/mol. The number of carbonyl (C=O) groups is 1. The fraction of sp³-hybridized carbons (Fsp3) is 0.167. The van der Waals surface area contributed by atoms with E-state index in [-0.39, 0.29) is 6.79 Å². The first-order chi connectivity index (χ1) is 12.7. The molecule has 0 radical (unpaired) electrons. The minimum atomic E-state index is -0.876. The number of carboxylic acid groups (broad SMARTS) is 1. The highest BCUT2D eigenvalue weighted by molar-refractivity contribution is 7.20. The molecule has 5 N–H and O–H groups in total. The number of nitrogens with one attached hydrogen (secondary N) is 1. The molecule has 26 heavy (non-hydrogen) atoms. The number of fused-ring (bicyclic) bond motifs is 2. The van der Waals surface area contributed by atoms with Crippen LogP contribution >= 0.6 is 11.3 Å². The van der Waals surface area contributed by atoms with Gasteiger partial charge in [-0.15, -0.1) is 11.3 Å². The van der Waals surface area contributed by atoms with Crippen molar-refractivity contribution in [2.45, 2.75) is 13.1 Å². The predicted molar refractivity (Wildman–Crippen MR) is 97.9 cm³/mol. The number of nitrogens with two attached hydrogens (primary N) is 1. The van der Waals surface area contributed by atoms with Gasteiger partial charge >= 0.3 is 5.97 Å². The number of carboxylic acids is 1. The van der Waals surface area contributed by atoms with Crippen molar-refractivity contribution < 1.29 is 24.6 Å². The zero-order valence-electron chi connectivity index (χ0n) is 13.8. The molecule has 1 aliphatic rings. The molecule has 1 aliphatic heterocycles. The average Bonchev–Trinajstić information content (AvgIpc) is 3.29. The standard InChI is InChI=1S/C18H15NO4S.H3NO/c20-18(21)17-7-13-3-1-12(6-16(13)24-17)9-19-8-11-2-4-14-15(5-11)23-10-22-14;1-2/h1-7,19H,8-10H2,(H,20,21);2H,1H2. The highest BCUT2D eigenvalue weighted by Crippen LogP contribution is 2.32. The summed E-state index contributed by atoms with van der Waals surface area (Å²) >= 11 is 1.31. The Hall–Kier alpha value is -2.65. The van der Waals surface area contributed by atoms with Gasteiger partial charge in [-0.25, -0.2) is 10.7 Å². The number of hydrogen-bond donors (Lipinski definition) is 4. The van der Waals surface area contributed by atoms with Gasteiger partial charge in [0.05, 0.1) is 0 Å². The molecule has 0 saturated heterocycles. The largest absolute Gasteiger partial charge is 0.477 e. The van der Waals surface area contributed by atoms with Crippen LogP contribution in [0, 0.1) is 0 Å². The van der Waals surface area contributed by atoms with E-state index in [0.29, 0.717) is 11.4 Å². The van der Waals surface area contributed by atoms with E-state index in [0.717, 1.165) is 39.3 Å². The molecule has 2 heterocycles. The van der Waals surface area contributed by atoms with E-state index in [1.165, 1.54) is 11.3 Å². The molecule has 0 unspecified atom stereocenters. The normalized spacial score (nSPS) is 11.9. The van der Waals surface area contributed by atoms with Crippen molar-refractivity contribution in [3.63, 3.8) is 0 Å². The Morgan fingerprint density at radius 2 is 1.73 bits per heavy atom. The number of benzene rings is 2. The van der Waals surface area contributed by atoms with Crippen LogP contribution in [0.1, 0.15) is 20.8 Å². The second-order valence-electron chi connectivity index (χ2n) is 5.58. The van der Waals surface area contributed by atoms with Gasteiger partial charge in [0.2, 0.25) is 6.79 Å². The summed E-state index contributed by atoms with van der Waals surface area (Å²) in [4.78, 5) is 11.4. The molecule has 1 aromatic heterocycles. The highest BCUT2D eigenvalue weighted by atomic mass is 32.1. The van der Waals surface area contributed by atoms with Gasteiger partial charge in [0.15, 0.2) is 11.5 Å². The van der Waals surface area contributed by atoms with Crippen molar-refractivity contribution in [3.05, 3.63) is 58.5 Å². The Morgan fingerprint density at radius 1 is 1.04 bits per heavy atom. The van der Waals surface area contributed by atoms with Crippen molar-refractivity contribution in [3.8, 4) is 11.5 Å². The summed E-state index contributed by atoms with van der Waals surface area (Å²) < 4.78 is 11.7. The molecular weight excluding hydrogens is 356 g/mol. The SMILES string of the molecule is NO.O=C(O)c1cc2ccc(CNCc3ccc4c(c3)OCO4)cc2s1. The number of thiophene rings is 1. The zero-order chi connectivity index (χ0) is 18.5. The molecule has 4 rings (SSSR count). The second-order valence-corrected chi connectivity index (χ2v) is 6.66. The van der Waals surface area contributed by atoms with Crippen LogP contribution in [-0.4, -0.2) is 23.1 Å². The first-order valence-corrected chi connectivity index (χ1v) is 8.61. The smallest absolute Gasteiger partial charge is 0.345 e. The first-order valence-electron chi connectivity index (χ1n) is 7.80. The first kappa shape index (κ1) is 18.2. The zero-order valence-corrected chi connectivity index (χ0v) is 14.6. The highest BCUT2D eigenvalue weighted by Gasteiger charge is 2.13. The van der Waals surface area contributed by atoms with Gasteiger partial charge in [-0.05, 0) is 40.8 Å².